The Kier molecular flexibility index (Phi) is 11.9. The van der Waals surface area contributed by atoms with Crippen molar-refractivity contribution in [2.24, 2.45) is 11.8 Å². The molecule has 6 amide bonds. The van der Waals surface area contributed by atoms with E-state index in [1.807, 2.05) is 11.0 Å². The number of aromatic nitrogens is 5. The highest BCUT2D eigenvalue weighted by Crippen LogP contribution is 2.45. The number of alkyl halides is 2. The number of anilines is 2. The zero-order valence-electron chi connectivity index (χ0n) is 36.7. The number of nitrogens with zero attached hydrogens (tertiary/aromatic N) is 8. The van der Waals surface area contributed by atoms with Gasteiger partial charge in [-0.2, -0.15) is 10.2 Å². The van der Waals surface area contributed by atoms with Crippen LogP contribution in [-0.2, 0) is 19.1 Å². The molecule has 2 unspecified atom stereocenters. The topological polar surface area (TPSA) is 205 Å². The highest BCUT2D eigenvalue weighted by molar-refractivity contribution is 6.25. The van der Waals surface area contributed by atoms with E-state index in [4.69, 9.17) is 9.72 Å². The number of hydrogen-bond donors (Lipinski definition) is 3. The Morgan fingerprint density at radius 2 is 1.79 bits per heavy atom. The second-order valence-corrected chi connectivity index (χ2v) is 18.6. The maximum Gasteiger partial charge on any atom is 0.284 e. The van der Waals surface area contributed by atoms with Gasteiger partial charge in [-0.3, -0.25) is 43.7 Å². The molecule has 4 aliphatic heterocycles. The Morgan fingerprint density at radius 1 is 0.985 bits per heavy atom. The summed E-state index contributed by atoms with van der Waals surface area (Å²) in [4.78, 5) is 88.1. The van der Waals surface area contributed by atoms with Crippen LogP contribution in [-0.4, -0.2) is 133 Å². The van der Waals surface area contributed by atoms with Crippen LogP contribution < -0.4 is 16.0 Å². The van der Waals surface area contributed by atoms with Crippen LogP contribution in [0.3, 0.4) is 0 Å². The van der Waals surface area contributed by atoms with Gasteiger partial charge in [0.15, 0.2) is 11.3 Å². The Morgan fingerprint density at radius 3 is 2.52 bits per heavy atom. The van der Waals surface area contributed by atoms with Crippen LogP contribution in [0, 0.1) is 11.8 Å². The SMILES string of the molecule is CN(CCCNc1cccc2c1C(=O)N(C1CCC(=O)NC1=O)C2=O)C1CCN(C(=O)C2CCC(n3cc(NC(=O)c4cnn5ccc(C6C[C@H]7C[C@@H]6CO7)nc45)c(C(F)F)n3)CC2)CC1. The van der Waals surface area contributed by atoms with Crippen molar-refractivity contribution in [2.45, 2.75) is 107 Å². The molecule has 5 fully saturated rings. The molecule has 10 rings (SSSR count). The van der Waals surface area contributed by atoms with E-state index in [-0.39, 0.29) is 71.2 Å². The van der Waals surface area contributed by atoms with Crippen LogP contribution in [0.1, 0.15) is 131 Å². The fraction of sp³-hybridized carbons (Fsp3) is 0.543. The summed E-state index contributed by atoms with van der Waals surface area (Å²) >= 11 is 0. The van der Waals surface area contributed by atoms with Crippen molar-refractivity contribution in [3.8, 4) is 0 Å². The van der Waals surface area contributed by atoms with E-state index in [1.54, 1.807) is 24.4 Å². The molecule has 0 radical (unpaired) electrons. The minimum Gasteiger partial charge on any atom is -0.384 e. The number of hydrogen-bond acceptors (Lipinski definition) is 12. The molecule has 6 aliphatic rings. The molecule has 18 nitrogen and oxygen atoms in total. The quantitative estimate of drug-likeness (QED) is 0.125. The van der Waals surface area contributed by atoms with E-state index >= 15 is 0 Å². The average molecular weight is 910 g/mol. The summed E-state index contributed by atoms with van der Waals surface area (Å²) in [5.41, 5.74) is 1.83. The molecule has 2 saturated carbocycles. The first kappa shape index (κ1) is 43.7. The molecular formula is C46H53F2N11O7. The van der Waals surface area contributed by atoms with Gasteiger partial charge in [0.2, 0.25) is 17.7 Å². The molecule has 4 aromatic rings. The van der Waals surface area contributed by atoms with Crippen LogP contribution in [0.15, 0.2) is 42.9 Å². The lowest BCUT2D eigenvalue weighted by atomic mass is 9.84. The molecule has 3 saturated heterocycles. The molecule has 7 heterocycles. The largest absolute Gasteiger partial charge is 0.384 e. The molecule has 20 heteroatoms. The molecule has 3 aromatic heterocycles. The number of halogens is 2. The molecule has 4 atom stereocenters. The standard InChI is InChI=1S/C46H53F2N11O7/c1-55(16-3-15-49-34-5-2-4-30-38(34)46(65)59(45(30)64)36-10-11-37(60)53-43(36)62)27-12-17-56(18-13-27)44(63)25-6-8-28(9-7-25)58-23-35(39(54-58)40(47)48)52-42(61)32-22-50-57-19-14-33(51-41(32)57)31-21-29-20-26(31)24-66-29/h2,4-5,14,19,22-23,25-29,31,36,40,49H,3,6-13,15-18,20-21,24H2,1H3,(H,52,61)(H,53,60,62)/t25?,26-,28?,29-,31?,36?/m1/s1. The number of likely N-dealkylation sites (tertiary alicyclic amines) is 1. The van der Waals surface area contributed by atoms with Crippen LogP contribution in [0.25, 0.3) is 5.65 Å². The summed E-state index contributed by atoms with van der Waals surface area (Å²) < 4.78 is 37.4. The van der Waals surface area contributed by atoms with Crippen molar-refractivity contribution in [1.29, 1.82) is 0 Å². The van der Waals surface area contributed by atoms with E-state index in [2.05, 4.69) is 38.1 Å². The van der Waals surface area contributed by atoms with Crippen molar-refractivity contribution in [1.82, 2.24) is 44.4 Å². The predicted octanol–water partition coefficient (Wildman–Crippen LogP) is 4.57. The zero-order chi connectivity index (χ0) is 45.8. The zero-order valence-corrected chi connectivity index (χ0v) is 36.7. The van der Waals surface area contributed by atoms with Crippen molar-refractivity contribution in [3.63, 3.8) is 0 Å². The van der Waals surface area contributed by atoms with E-state index < -0.39 is 47.7 Å². The minimum atomic E-state index is -2.91. The molecular weight excluding hydrogens is 857 g/mol. The third kappa shape index (κ3) is 8.22. The number of fused-ring (bicyclic) bond motifs is 4. The Balaban J connectivity index is 0.680. The lowest BCUT2D eigenvalue weighted by molar-refractivity contribution is -0.138. The Labute approximate surface area is 378 Å². The number of piperidine rings is 2. The molecule has 348 valence electrons. The Hall–Kier alpha value is -6.15. The van der Waals surface area contributed by atoms with Crippen LogP contribution in [0.2, 0.25) is 0 Å². The number of carbonyl (C=O) groups excluding carboxylic acids is 6. The van der Waals surface area contributed by atoms with Gasteiger partial charge in [-0.05, 0) is 102 Å². The first-order chi connectivity index (χ1) is 31.9. The summed E-state index contributed by atoms with van der Waals surface area (Å²) in [6, 6.07) is 5.99. The Bertz CT molecular complexity index is 2580. The van der Waals surface area contributed by atoms with Gasteiger partial charge in [0, 0.05) is 67.7 Å². The molecule has 1 aromatic carbocycles. The van der Waals surface area contributed by atoms with E-state index in [9.17, 15) is 37.5 Å². The number of ether oxygens (including phenoxy) is 1. The molecule has 2 bridgehead atoms. The fourth-order valence-electron chi connectivity index (χ4n) is 11.1. The van der Waals surface area contributed by atoms with E-state index in [0.29, 0.717) is 69.2 Å². The van der Waals surface area contributed by atoms with Crippen molar-refractivity contribution < 1.29 is 42.3 Å². The number of benzene rings is 1. The molecule has 2 aliphatic carbocycles. The second-order valence-electron chi connectivity index (χ2n) is 18.6. The van der Waals surface area contributed by atoms with Gasteiger partial charge in [-0.15, -0.1) is 0 Å². The first-order valence-corrected chi connectivity index (χ1v) is 23.1. The van der Waals surface area contributed by atoms with Gasteiger partial charge in [0.25, 0.3) is 24.1 Å². The summed E-state index contributed by atoms with van der Waals surface area (Å²) in [5.74, 6) is -2.17. The lowest BCUT2D eigenvalue weighted by Gasteiger charge is -2.39. The normalized spacial score (nSPS) is 25.7. The second kappa shape index (κ2) is 17.9. The highest BCUT2D eigenvalue weighted by Gasteiger charge is 2.46. The minimum absolute atomic E-state index is 0.0544. The highest BCUT2D eigenvalue weighted by atomic mass is 19.3. The van der Waals surface area contributed by atoms with Crippen LogP contribution >= 0.6 is 0 Å². The van der Waals surface area contributed by atoms with Crippen molar-refractivity contribution in [3.05, 3.63) is 70.9 Å². The predicted molar refractivity (Wildman–Crippen MR) is 233 cm³/mol. The first-order valence-electron chi connectivity index (χ1n) is 23.1. The van der Waals surface area contributed by atoms with Gasteiger partial charge >= 0.3 is 0 Å². The average Bonchev–Trinajstić information content (AvgIpc) is 4.18. The lowest BCUT2D eigenvalue weighted by Crippen LogP contribution is -2.54. The van der Waals surface area contributed by atoms with Gasteiger partial charge in [0.05, 0.1) is 41.8 Å². The molecule has 0 spiro atoms. The summed E-state index contributed by atoms with van der Waals surface area (Å²) in [7, 11) is 2.07. The maximum absolute atomic E-state index is 14.3. The summed E-state index contributed by atoms with van der Waals surface area (Å²) in [5, 5.41) is 16.7. The summed E-state index contributed by atoms with van der Waals surface area (Å²) in [6.07, 6.45) is 8.77. The number of imide groups is 2. The fourth-order valence-corrected chi connectivity index (χ4v) is 11.1. The van der Waals surface area contributed by atoms with Gasteiger partial charge in [-0.25, -0.2) is 18.3 Å². The summed E-state index contributed by atoms with van der Waals surface area (Å²) in [6.45, 7) is 3.29. The van der Waals surface area contributed by atoms with Crippen molar-refractivity contribution >= 4 is 52.5 Å². The smallest absolute Gasteiger partial charge is 0.284 e. The third-order valence-electron chi connectivity index (χ3n) is 14.7. The number of carbonyl (C=O) groups is 6. The van der Waals surface area contributed by atoms with Gasteiger partial charge < -0.3 is 25.2 Å². The monoisotopic (exact) mass is 909 g/mol. The van der Waals surface area contributed by atoms with Gasteiger partial charge in [-0.1, -0.05) is 6.07 Å². The van der Waals surface area contributed by atoms with Crippen molar-refractivity contribution in [2.75, 3.05) is 50.5 Å². The number of rotatable bonds is 13. The van der Waals surface area contributed by atoms with Gasteiger partial charge in [0.1, 0.15) is 11.6 Å². The van der Waals surface area contributed by atoms with Crippen LogP contribution in [0.5, 0.6) is 0 Å². The number of nitrogens with one attached hydrogen (secondary N) is 3. The van der Waals surface area contributed by atoms with Crippen LogP contribution in [0.4, 0.5) is 20.2 Å². The van der Waals surface area contributed by atoms with E-state index in [1.165, 1.54) is 21.6 Å². The third-order valence-corrected chi connectivity index (χ3v) is 14.7. The maximum atomic E-state index is 14.3. The molecule has 3 N–H and O–H groups in total. The molecule has 66 heavy (non-hydrogen) atoms. The number of amides is 6. The van der Waals surface area contributed by atoms with E-state index in [0.717, 1.165) is 49.2 Å².